The molecule has 0 aliphatic heterocycles. The molecule has 130 valence electrons. The van der Waals surface area contributed by atoms with Gasteiger partial charge in [-0.25, -0.2) is 8.78 Å². The van der Waals surface area contributed by atoms with E-state index < -0.39 is 11.6 Å². The highest BCUT2D eigenvalue weighted by molar-refractivity contribution is 5.76. The van der Waals surface area contributed by atoms with Crippen LogP contribution in [0.4, 0.5) is 8.78 Å². The van der Waals surface area contributed by atoms with Crippen LogP contribution in [0, 0.1) is 11.6 Å². The molecule has 0 atom stereocenters. The van der Waals surface area contributed by atoms with Crippen molar-refractivity contribution in [1.29, 1.82) is 0 Å². The average Bonchev–Trinajstić information content (AvgIpc) is 3.26. The maximum Gasteiger partial charge on any atom is 0.238 e. The first-order valence-corrected chi connectivity index (χ1v) is 7.57. The van der Waals surface area contributed by atoms with Crippen LogP contribution < -0.4 is 0 Å². The van der Waals surface area contributed by atoms with Crippen LogP contribution in [-0.2, 0) is 17.8 Å². The third-order valence-electron chi connectivity index (χ3n) is 3.61. The van der Waals surface area contributed by atoms with E-state index in [2.05, 4.69) is 10.1 Å². The van der Waals surface area contributed by atoms with Crippen LogP contribution >= 0.6 is 0 Å². The van der Waals surface area contributed by atoms with Crippen molar-refractivity contribution in [2.24, 2.45) is 0 Å². The van der Waals surface area contributed by atoms with Crippen LogP contribution in [0.1, 0.15) is 17.9 Å². The Morgan fingerprint density at radius 1 is 1.28 bits per heavy atom. The van der Waals surface area contributed by atoms with Crippen molar-refractivity contribution in [2.75, 3.05) is 7.05 Å². The first kappa shape index (κ1) is 16.8. The van der Waals surface area contributed by atoms with Gasteiger partial charge in [0, 0.05) is 38.1 Å². The Labute approximate surface area is 142 Å². The van der Waals surface area contributed by atoms with Gasteiger partial charge in [0.25, 0.3) is 0 Å². The smallest absolute Gasteiger partial charge is 0.238 e. The number of furan rings is 1. The molecule has 0 aliphatic carbocycles. The second kappa shape index (κ2) is 7.25. The summed E-state index contributed by atoms with van der Waals surface area (Å²) < 4.78 is 36.8. The second-order valence-electron chi connectivity index (χ2n) is 5.47. The van der Waals surface area contributed by atoms with Gasteiger partial charge in [-0.15, -0.1) is 0 Å². The summed E-state index contributed by atoms with van der Waals surface area (Å²) in [7, 11) is 1.55. The molecule has 3 aromatic rings. The van der Waals surface area contributed by atoms with Crippen LogP contribution in [0.2, 0.25) is 0 Å². The van der Waals surface area contributed by atoms with Crippen LogP contribution in [0.3, 0.4) is 0 Å². The number of amides is 1. The van der Waals surface area contributed by atoms with Crippen molar-refractivity contribution in [2.45, 2.75) is 19.4 Å². The average molecular weight is 347 g/mol. The largest absolute Gasteiger partial charge is 0.461 e. The summed E-state index contributed by atoms with van der Waals surface area (Å²) in [5.74, 6) is -0.458. The lowest BCUT2D eigenvalue weighted by atomic mass is 10.2. The van der Waals surface area contributed by atoms with Crippen LogP contribution in [0.15, 0.2) is 45.5 Å². The standard InChI is InChI=1S/C17H15F2N3O3/c1-22(10-11-4-5-12(18)9-13(11)19)16(23)7-6-15-20-17(21-25-15)14-3-2-8-24-14/h2-5,8-9H,6-7,10H2,1H3. The fourth-order valence-electron chi connectivity index (χ4n) is 2.26. The fraction of sp³-hybridized carbons (Fsp3) is 0.235. The second-order valence-corrected chi connectivity index (χ2v) is 5.47. The lowest BCUT2D eigenvalue weighted by Crippen LogP contribution is -2.26. The Kier molecular flexibility index (Phi) is 4.87. The summed E-state index contributed by atoms with van der Waals surface area (Å²) in [5.41, 5.74) is 0.246. The first-order valence-electron chi connectivity index (χ1n) is 7.57. The molecule has 0 unspecified atom stereocenters. The number of rotatable bonds is 6. The summed E-state index contributed by atoms with van der Waals surface area (Å²) in [6.45, 7) is 0.0480. The van der Waals surface area contributed by atoms with E-state index in [4.69, 9.17) is 8.94 Å². The molecule has 25 heavy (non-hydrogen) atoms. The molecule has 1 aromatic carbocycles. The zero-order valence-corrected chi connectivity index (χ0v) is 13.4. The Bertz CT molecular complexity index is 862. The zero-order valence-electron chi connectivity index (χ0n) is 13.4. The van der Waals surface area contributed by atoms with E-state index >= 15 is 0 Å². The number of hydrogen-bond acceptors (Lipinski definition) is 5. The summed E-state index contributed by atoms with van der Waals surface area (Å²) in [6.07, 6.45) is 1.88. The number of benzene rings is 1. The van der Waals surface area contributed by atoms with Gasteiger partial charge in [0.15, 0.2) is 5.76 Å². The van der Waals surface area contributed by atoms with Gasteiger partial charge in [-0.05, 0) is 18.2 Å². The number of aryl methyl sites for hydroxylation is 1. The SMILES string of the molecule is CN(Cc1ccc(F)cc1F)C(=O)CCc1nc(-c2ccco2)no1. The van der Waals surface area contributed by atoms with Gasteiger partial charge in [0.05, 0.1) is 6.26 Å². The molecule has 3 rings (SSSR count). The van der Waals surface area contributed by atoms with Gasteiger partial charge in [-0.1, -0.05) is 11.2 Å². The highest BCUT2D eigenvalue weighted by Crippen LogP contribution is 2.17. The van der Waals surface area contributed by atoms with E-state index in [1.807, 2.05) is 0 Å². The maximum atomic E-state index is 13.6. The highest BCUT2D eigenvalue weighted by atomic mass is 19.1. The lowest BCUT2D eigenvalue weighted by Gasteiger charge is -2.17. The minimum Gasteiger partial charge on any atom is -0.461 e. The molecule has 2 heterocycles. The molecule has 0 N–H and O–H groups in total. The topological polar surface area (TPSA) is 72.4 Å². The van der Waals surface area contributed by atoms with Gasteiger partial charge in [0.2, 0.25) is 17.6 Å². The molecule has 0 fully saturated rings. The molecule has 1 amide bonds. The number of hydrogen-bond donors (Lipinski definition) is 0. The fourth-order valence-corrected chi connectivity index (χ4v) is 2.26. The van der Waals surface area contributed by atoms with Gasteiger partial charge in [-0.2, -0.15) is 4.98 Å². The van der Waals surface area contributed by atoms with E-state index in [1.54, 1.807) is 19.2 Å². The van der Waals surface area contributed by atoms with Crippen molar-refractivity contribution >= 4 is 5.91 Å². The molecule has 0 spiro atoms. The van der Waals surface area contributed by atoms with Crippen molar-refractivity contribution < 1.29 is 22.5 Å². The van der Waals surface area contributed by atoms with Crippen LogP contribution in [0.25, 0.3) is 11.6 Å². The first-order chi connectivity index (χ1) is 12.0. The lowest BCUT2D eigenvalue weighted by molar-refractivity contribution is -0.130. The molecule has 0 saturated carbocycles. The van der Waals surface area contributed by atoms with Crippen LogP contribution in [0.5, 0.6) is 0 Å². The molecule has 0 saturated heterocycles. The van der Waals surface area contributed by atoms with E-state index in [0.29, 0.717) is 17.5 Å². The third kappa shape index (κ3) is 4.09. The van der Waals surface area contributed by atoms with Crippen LogP contribution in [-0.4, -0.2) is 28.0 Å². The quantitative estimate of drug-likeness (QED) is 0.685. The molecule has 0 aliphatic rings. The minimum absolute atomic E-state index is 0.0480. The summed E-state index contributed by atoms with van der Waals surface area (Å²) in [4.78, 5) is 17.7. The van der Waals surface area contributed by atoms with Crippen molar-refractivity contribution in [3.8, 4) is 11.6 Å². The van der Waals surface area contributed by atoms with E-state index in [9.17, 15) is 13.6 Å². The summed E-state index contributed by atoms with van der Waals surface area (Å²) in [6, 6.07) is 6.68. The molecule has 0 bridgehead atoms. The molecule has 6 nitrogen and oxygen atoms in total. The number of carbonyl (C=O) groups is 1. The Morgan fingerprint density at radius 2 is 2.12 bits per heavy atom. The van der Waals surface area contributed by atoms with Gasteiger partial charge in [-0.3, -0.25) is 4.79 Å². The Balaban J connectivity index is 1.55. The number of carbonyl (C=O) groups excluding carboxylic acids is 1. The Morgan fingerprint density at radius 3 is 2.84 bits per heavy atom. The van der Waals surface area contributed by atoms with Gasteiger partial charge in [0.1, 0.15) is 11.6 Å². The van der Waals surface area contributed by atoms with E-state index in [-0.39, 0.29) is 30.9 Å². The molecule has 0 radical (unpaired) electrons. The minimum atomic E-state index is -0.681. The molecular formula is C17H15F2N3O3. The summed E-state index contributed by atoms with van der Waals surface area (Å²) in [5, 5.41) is 3.78. The van der Waals surface area contributed by atoms with Gasteiger partial charge >= 0.3 is 0 Å². The van der Waals surface area contributed by atoms with E-state index in [1.165, 1.54) is 17.2 Å². The molecular weight excluding hydrogens is 332 g/mol. The molecule has 8 heteroatoms. The number of nitrogens with zero attached hydrogens (tertiary/aromatic N) is 3. The Hall–Kier alpha value is -3.03. The van der Waals surface area contributed by atoms with Gasteiger partial charge < -0.3 is 13.8 Å². The number of aromatic nitrogens is 2. The van der Waals surface area contributed by atoms with E-state index in [0.717, 1.165) is 12.1 Å². The van der Waals surface area contributed by atoms with Crippen molar-refractivity contribution in [1.82, 2.24) is 15.0 Å². The molecule has 2 aromatic heterocycles. The monoisotopic (exact) mass is 347 g/mol. The highest BCUT2D eigenvalue weighted by Gasteiger charge is 2.15. The predicted molar refractivity (Wildman–Crippen MR) is 83.2 cm³/mol. The predicted octanol–water partition coefficient (Wildman–Crippen LogP) is 3.20. The third-order valence-corrected chi connectivity index (χ3v) is 3.61. The zero-order chi connectivity index (χ0) is 17.8. The number of halogens is 2. The summed E-state index contributed by atoms with van der Waals surface area (Å²) >= 11 is 0. The van der Waals surface area contributed by atoms with Crippen molar-refractivity contribution in [3.63, 3.8) is 0 Å². The normalized spacial score (nSPS) is 10.8. The maximum absolute atomic E-state index is 13.6. The van der Waals surface area contributed by atoms with Crippen molar-refractivity contribution in [3.05, 3.63) is 59.7 Å².